The summed E-state index contributed by atoms with van der Waals surface area (Å²) in [5.74, 6) is -0.0754. The molecular weight excluding hydrogens is 414 g/mol. The number of carbonyl (C=O) groups is 1. The van der Waals surface area contributed by atoms with Crippen LogP contribution >= 0.6 is 0 Å². The second-order valence-corrected chi connectivity index (χ2v) is 9.38. The van der Waals surface area contributed by atoms with E-state index in [0.717, 1.165) is 63.1 Å². The average molecular weight is 454 g/mol. The molecule has 0 bridgehead atoms. The molecule has 0 spiro atoms. The maximum absolute atomic E-state index is 12.8. The molecule has 1 aliphatic rings. The normalized spacial score (nSPS) is 15.6. The molecule has 1 atom stereocenters. The lowest BCUT2D eigenvalue weighted by molar-refractivity contribution is -0.115. The first kappa shape index (κ1) is 24.8. The van der Waals surface area contributed by atoms with Gasteiger partial charge in [-0.2, -0.15) is 0 Å². The van der Waals surface area contributed by atoms with Crippen LogP contribution in [0.1, 0.15) is 45.6 Å². The second-order valence-electron chi connectivity index (χ2n) is 9.38. The van der Waals surface area contributed by atoms with Crippen LogP contribution < -0.4 is 10.6 Å². The summed E-state index contributed by atoms with van der Waals surface area (Å²) in [6, 6.07) is 8.09. The highest BCUT2D eigenvalue weighted by atomic mass is 16.2. The van der Waals surface area contributed by atoms with Gasteiger partial charge in [-0.3, -0.25) is 20.5 Å². The number of carbonyl (C=O) groups excluding carboxylic acids is 1. The Labute approximate surface area is 197 Å². The number of amidine groups is 1. The van der Waals surface area contributed by atoms with Crippen molar-refractivity contribution in [2.24, 2.45) is 5.92 Å². The molecule has 2 heterocycles. The predicted octanol–water partition coefficient (Wildman–Crippen LogP) is 3.16. The van der Waals surface area contributed by atoms with Crippen molar-refractivity contribution >= 4 is 28.6 Å². The first-order valence-corrected chi connectivity index (χ1v) is 12.1. The highest BCUT2D eigenvalue weighted by molar-refractivity contribution is 6.39. The number of piperazine rings is 1. The number of fused-ring (bicyclic) bond motifs is 1. The molecule has 0 saturated carbocycles. The highest BCUT2D eigenvalue weighted by Crippen LogP contribution is 2.21. The van der Waals surface area contributed by atoms with Crippen LogP contribution in [0.15, 0.2) is 30.5 Å². The smallest absolute Gasteiger partial charge is 0.286 e. The Hall–Kier alpha value is -2.87. The number of benzene rings is 1. The molecule has 8 heteroatoms. The van der Waals surface area contributed by atoms with E-state index < -0.39 is 5.91 Å². The third-order valence-corrected chi connectivity index (χ3v) is 6.27. The maximum Gasteiger partial charge on any atom is 0.286 e. The van der Waals surface area contributed by atoms with Gasteiger partial charge in [-0.05, 0) is 49.8 Å². The summed E-state index contributed by atoms with van der Waals surface area (Å²) < 4.78 is 0. The average Bonchev–Trinajstić information content (AvgIpc) is 3.20. The van der Waals surface area contributed by atoms with E-state index in [4.69, 9.17) is 10.8 Å². The van der Waals surface area contributed by atoms with Gasteiger partial charge >= 0.3 is 0 Å². The van der Waals surface area contributed by atoms with Crippen molar-refractivity contribution in [3.05, 3.63) is 36.0 Å². The molecule has 3 rings (SSSR count). The van der Waals surface area contributed by atoms with E-state index in [1.807, 2.05) is 29.3 Å². The number of nitrogens with zero attached hydrogens (tertiary/aromatic N) is 2. The van der Waals surface area contributed by atoms with Gasteiger partial charge in [0.1, 0.15) is 0 Å². The summed E-state index contributed by atoms with van der Waals surface area (Å²) in [5, 5.41) is 23.5. The molecule has 0 radical (unpaired) electrons. The Morgan fingerprint density at radius 2 is 1.85 bits per heavy atom. The van der Waals surface area contributed by atoms with E-state index in [1.54, 1.807) is 0 Å². The van der Waals surface area contributed by atoms with Crippen molar-refractivity contribution in [1.82, 2.24) is 25.4 Å². The number of nitrogens with one attached hydrogen (secondary N) is 5. The number of para-hydroxylation sites is 1. The number of amides is 1. The summed E-state index contributed by atoms with van der Waals surface area (Å²) in [7, 11) is 0. The molecule has 8 nitrogen and oxygen atoms in total. The number of aromatic nitrogens is 1. The SMILES string of the molecule is CCCN1CCN(C(=N)NC(=N)C(=O)NC(CCC(C)C)Cc2c[nH]c3ccccc23)CC1. The third kappa shape index (κ3) is 7.05. The number of hydrogen-bond donors (Lipinski definition) is 5. The van der Waals surface area contributed by atoms with Crippen LogP contribution in [0.2, 0.25) is 0 Å². The van der Waals surface area contributed by atoms with Crippen LogP contribution in [0.5, 0.6) is 0 Å². The number of hydrogen-bond acceptors (Lipinski definition) is 4. The summed E-state index contributed by atoms with van der Waals surface area (Å²) in [6.45, 7) is 10.9. The Balaban J connectivity index is 1.56. The summed E-state index contributed by atoms with van der Waals surface area (Å²) in [5.41, 5.74) is 2.25. The molecule has 33 heavy (non-hydrogen) atoms. The van der Waals surface area contributed by atoms with Crippen LogP contribution in [0, 0.1) is 16.7 Å². The largest absolute Gasteiger partial charge is 0.361 e. The molecule has 0 aliphatic carbocycles. The molecule has 1 aromatic heterocycles. The lowest BCUT2D eigenvalue weighted by atomic mass is 9.97. The molecule has 1 fully saturated rings. The van der Waals surface area contributed by atoms with E-state index in [2.05, 4.69) is 47.4 Å². The van der Waals surface area contributed by atoms with Crippen molar-refractivity contribution < 1.29 is 4.79 Å². The van der Waals surface area contributed by atoms with Gasteiger partial charge in [-0.15, -0.1) is 0 Å². The van der Waals surface area contributed by atoms with Gasteiger partial charge < -0.3 is 20.5 Å². The fraction of sp³-hybridized carbons (Fsp3) is 0.560. The minimum absolute atomic E-state index is 0.0759. The lowest BCUT2D eigenvalue weighted by Crippen LogP contribution is -2.55. The molecule has 1 aliphatic heterocycles. The van der Waals surface area contributed by atoms with E-state index in [-0.39, 0.29) is 17.8 Å². The zero-order valence-corrected chi connectivity index (χ0v) is 20.2. The predicted molar refractivity (Wildman–Crippen MR) is 135 cm³/mol. The summed E-state index contributed by atoms with van der Waals surface area (Å²) >= 11 is 0. The fourth-order valence-corrected chi connectivity index (χ4v) is 4.35. The summed E-state index contributed by atoms with van der Waals surface area (Å²) in [6.07, 6.45) is 5.67. The molecule has 2 aromatic rings. The van der Waals surface area contributed by atoms with Gasteiger partial charge in [0.25, 0.3) is 5.91 Å². The number of aromatic amines is 1. The van der Waals surface area contributed by atoms with Gasteiger partial charge in [0.15, 0.2) is 11.8 Å². The van der Waals surface area contributed by atoms with Crippen LogP contribution in [0.25, 0.3) is 10.9 Å². The van der Waals surface area contributed by atoms with Gasteiger partial charge in [0.2, 0.25) is 0 Å². The third-order valence-electron chi connectivity index (χ3n) is 6.27. The first-order valence-electron chi connectivity index (χ1n) is 12.1. The molecular formula is C25H39N7O. The van der Waals surface area contributed by atoms with E-state index in [0.29, 0.717) is 12.3 Å². The van der Waals surface area contributed by atoms with Crippen LogP contribution in [0.4, 0.5) is 0 Å². The number of rotatable bonds is 8. The minimum Gasteiger partial charge on any atom is -0.361 e. The summed E-state index contributed by atoms with van der Waals surface area (Å²) in [4.78, 5) is 20.4. The van der Waals surface area contributed by atoms with Gasteiger partial charge in [0, 0.05) is 49.3 Å². The maximum atomic E-state index is 12.8. The quantitative estimate of drug-likeness (QED) is 0.312. The van der Waals surface area contributed by atoms with E-state index in [9.17, 15) is 4.79 Å². The minimum atomic E-state index is -0.460. The monoisotopic (exact) mass is 453 g/mol. The Morgan fingerprint density at radius 1 is 1.12 bits per heavy atom. The van der Waals surface area contributed by atoms with Crippen molar-refractivity contribution in [2.45, 2.75) is 52.5 Å². The zero-order chi connectivity index (χ0) is 23.8. The molecule has 180 valence electrons. The van der Waals surface area contributed by atoms with Crippen LogP contribution in [0.3, 0.4) is 0 Å². The lowest BCUT2D eigenvalue weighted by Gasteiger charge is -2.35. The van der Waals surface area contributed by atoms with Crippen LogP contribution in [-0.4, -0.2) is 71.3 Å². The highest BCUT2D eigenvalue weighted by Gasteiger charge is 2.22. The second kappa shape index (κ2) is 11.8. The first-order chi connectivity index (χ1) is 15.9. The van der Waals surface area contributed by atoms with Crippen molar-refractivity contribution in [3.8, 4) is 0 Å². The Morgan fingerprint density at radius 3 is 2.55 bits per heavy atom. The molecule has 1 unspecified atom stereocenters. The van der Waals surface area contributed by atoms with E-state index in [1.165, 1.54) is 5.39 Å². The number of H-pyrrole nitrogens is 1. The van der Waals surface area contributed by atoms with Gasteiger partial charge in [-0.1, -0.05) is 39.0 Å². The van der Waals surface area contributed by atoms with Crippen molar-refractivity contribution in [1.29, 1.82) is 10.8 Å². The molecule has 5 N–H and O–H groups in total. The van der Waals surface area contributed by atoms with Gasteiger partial charge in [-0.25, -0.2) is 0 Å². The number of guanidine groups is 1. The van der Waals surface area contributed by atoms with Gasteiger partial charge in [0.05, 0.1) is 0 Å². The standard InChI is InChI=1S/C25H39N7O/c1-4-11-31-12-14-32(15-13-31)25(27)30-23(26)24(33)29-20(10-9-18(2)3)16-19-17-28-22-8-6-5-7-21(19)22/h5-8,17-18,20,28H,4,9-16H2,1-3H3,(H,29,33)(H3,26,27,30). The van der Waals surface area contributed by atoms with Crippen molar-refractivity contribution in [2.75, 3.05) is 32.7 Å². The van der Waals surface area contributed by atoms with E-state index >= 15 is 0 Å². The Kier molecular flexibility index (Phi) is 8.88. The molecule has 1 amide bonds. The fourth-order valence-electron chi connectivity index (χ4n) is 4.35. The van der Waals surface area contributed by atoms with Crippen LogP contribution in [-0.2, 0) is 11.2 Å². The molecule has 1 saturated heterocycles. The molecule has 1 aromatic carbocycles. The Bertz CT molecular complexity index is 943. The van der Waals surface area contributed by atoms with Crippen molar-refractivity contribution in [3.63, 3.8) is 0 Å². The topological polar surface area (TPSA) is 111 Å². The zero-order valence-electron chi connectivity index (χ0n) is 20.2.